The zero-order valence-corrected chi connectivity index (χ0v) is 7.65. The van der Waals surface area contributed by atoms with Crippen molar-refractivity contribution in [1.29, 1.82) is 0 Å². The van der Waals surface area contributed by atoms with Crippen LogP contribution in [0.3, 0.4) is 0 Å². The van der Waals surface area contributed by atoms with Crippen LogP contribution in [0.15, 0.2) is 12.3 Å². The Labute approximate surface area is 72.4 Å². The summed E-state index contributed by atoms with van der Waals surface area (Å²) in [6.45, 7) is 4.15. The van der Waals surface area contributed by atoms with Crippen molar-refractivity contribution in [2.45, 2.75) is 19.9 Å². The highest BCUT2D eigenvalue weighted by atomic mass is 15.2. The molecule has 1 aromatic rings. The number of nitrogens with two attached hydrogens (primary N) is 1. The van der Waals surface area contributed by atoms with Gasteiger partial charge in [-0.05, 0) is 19.9 Å². The Morgan fingerprint density at radius 2 is 2.17 bits per heavy atom. The molecular formula is C8H14N4. The first-order valence-electron chi connectivity index (χ1n) is 3.92. The number of nitrogens with zero attached hydrogens (tertiary/aromatic N) is 3. The molecule has 4 nitrogen and oxygen atoms in total. The van der Waals surface area contributed by atoms with E-state index in [-0.39, 0.29) is 0 Å². The molecule has 1 aromatic heterocycles. The van der Waals surface area contributed by atoms with Gasteiger partial charge < -0.3 is 10.6 Å². The predicted molar refractivity (Wildman–Crippen MR) is 50.0 cm³/mol. The third kappa shape index (κ3) is 1.84. The molecule has 2 N–H and O–H groups in total. The summed E-state index contributed by atoms with van der Waals surface area (Å²) < 4.78 is 0. The highest BCUT2D eigenvalue weighted by Gasteiger charge is 2.06. The molecule has 0 bridgehead atoms. The molecule has 0 saturated carbocycles. The van der Waals surface area contributed by atoms with Gasteiger partial charge in [-0.25, -0.2) is 4.98 Å². The molecule has 66 valence electrons. The Kier molecular flexibility index (Phi) is 2.47. The van der Waals surface area contributed by atoms with Crippen LogP contribution in [0.5, 0.6) is 0 Å². The van der Waals surface area contributed by atoms with E-state index in [1.54, 1.807) is 12.3 Å². The highest BCUT2D eigenvalue weighted by molar-refractivity contribution is 5.37. The van der Waals surface area contributed by atoms with Gasteiger partial charge >= 0.3 is 0 Å². The molecule has 0 fully saturated rings. The van der Waals surface area contributed by atoms with Crippen molar-refractivity contribution in [1.82, 2.24) is 9.97 Å². The second-order valence-corrected chi connectivity index (χ2v) is 2.99. The average Bonchev–Trinajstić information content (AvgIpc) is 2.03. The van der Waals surface area contributed by atoms with Crippen molar-refractivity contribution < 1.29 is 0 Å². The second-order valence-electron chi connectivity index (χ2n) is 2.99. The molecule has 0 saturated heterocycles. The van der Waals surface area contributed by atoms with Gasteiger partial charge in [-0.1, -0.05) is 0 Å². The summed E-state index contributed by atoms with van der Waals surface area (Å²) in [5.74, 6) is 1.18. The molecule has 0 unspecified atom stereocenters. The van der Waals surface area contributed by atoms with Gasteiger partial charge in [-0.3, -0.25) is 0 Å². The van der Waals surface area contributed by atoms with Gasteiger partial charge in [0.25, 0.3) is 0 Å². The lowest BCUT2D eigenvalue weighted by Gasteiger charge is -2.20. The van der Waals surface area contributed by atoms with E-state index >= 15 is 0 Å². The minimum absolute atomic E-state index is 0.381. The maximum atomic E-state index is 5.52. The zero-order chi connectivity index (χ0) is 9.14. The number of hydrogen-bond donors (Lipinski definition) is 1. The molecule has 1 rings (SSSR count). The fraction of sp³-hybridized carbons (Fsp3) is 0.500. The summed E-state index contributed by atoms with van der Waals surface area (Å²) in [4.78, 5) is 10.2. The molecule has 0 amide bonds. The molecule has 12 heavy (non-hydrogen) atoms. The smallest absolute Gasteiger partial charge is 0.227 e. The van der Waals surface area contributed by atoms with E-state index in [1.165, 1.54) is 0 Å². The molecule has 0 atom stereocenters. The number of anilines is 2. The maximum absolute atomic E-state index is 5.52. The van der Waals surface area contributed by atoms with Crippen LogP contribution >= 0.6 is 0 Å². The van der Waals surface area contributed by atoms with Crippen LogP contribution in [0.25, 0.3) is 0 Å². The minimum atomic E-state index is 0.381. The number of aromatic nitrogens is 2. The lowest BCUT2D eigenvalue weighted by atomic mass is 10.4. The Hall–Kier alpha value is -1.32. The summed E-state index contributed by atoms with van der Waals surface area (Å²) in [7, 11) is 1.94. The summed E-state index contributed by atoms with van der Waals surface area (Å²) in [5, 5.41) is 0. The normalized spacial score (nSPS) is 10.3. The Morgan fingerprint density at radius 3 is 2.67 bits per heavy atom. The standard InChI is InChI=1S/C8H14N4/c1-6(2)12(3)8-10-5-4-7(9)11-8/h4-6H,1-3H3,(H2,9,10,11). The van der Waals surface area contributed by atoms with Crippen molar-refractivity contribution in [2.75, 3.05) is 17.7 Å². The first-order chi connectivity index (χ1) is 5.61. The van der Waals surface area contributed by atoms with Crippen molar-refractivity contribution in [2.24, 2.45) is 0 Å². The number of hydrogen-bond acceptors (Lipinski definition) is 4. The second kappa shape index (κ2) is 3.38. The van der Waals surface area contributed by atoms with Gasteiger partial charge in [0.15, 0.2) is 0 Å². The molecule has 0 aliphatic rings. The van der Waals surface area contributed by atoms with Crippen molar-refractivity contribution in [3.8, 4) is 0 Å². The quantitative estimate of drug-likeness (QED) is 0.709. The van der Waals surface area contributed by atoms with E-state index in [0.29, 0.717) is 17.8 Å². The summed E-state index contributed by atoms with van der Waals surface area (Å²) in [6, 6.07) is 2.06. The van der Waals surface area contributed by atoms with E-state index in [2.05, 4.69) is 23.8 Å². The molecule has 0 spiro atoms. The first-order valence-corrected chi connectivity index (χ1v) is 3.92. The van der Waals surface area contributed by atoms with Gasteiger partial charge in [0, 0.05) is 19.3 Å². The van der Waals surface area contributed by atoms with Gasteiger partial charge in [0.2, 0.25) is 5.95 Å². The predicted octanol–water partition coefficient (Wildman–Crippen LogP) is 0.903. The SMILES string of the molecule is CC(C)N(C)c1nccc(N)n1. The maximum Gasteiger partial charge on any atom is 0.227 e. The molecule has 0 radical (unpaired) electrons. The third-order valence-corrected chi connectivity index (χ3v) is 1.75. The first kappa shape index (κ1) is 8.77. The molecular weight excluding hydrogens is 152 g/mol. The van der Waals surface area contributed by atoms with E-state index in [0.717, 1.165) is 0 Å². The number of nitrogen functional groups attached to an aromatic ring is 1. The van der Waals surface area contributed by atoms with Crippen molar-refractivity contribution in [3.63, 3.8) is 0 Å². The highest BCUT2D eigenvalue weighted by Crippen LogP contribution is 2.08. The molecule has 4 heteroatoms. The molecule has 1 heterocycles. The molecule has 0 aliphatic carbocycles. The minimum Gasteiger partial charge on any atom is -0.384 e. The van der Waals surface area contributed by atoms with E-state index < -0.39 is 0 Å². The fourth-order valence-corrected chi connectivity index (χ4v) is 0.763. The van der Waals surface area contributed by atoms with E-state index in [1.807, 2.05) is 11.9 Å². The van der Waals surface area contributed by atoms with Crippen LogP contribution < -0.4 is 10.6 Å². The largest absolute Gasteiger partial charge is 0.384 e. The fourth-order valence-electron chi connectivity index (χ4n) is 0.763. The van der Waals surface area contributed by atoms with Crippen LogP contribution in [-0.2, 0) is 0 Å². The third-order valence-electron chi connectivity index (χ3n) is 1.75. The zero-order valence-electron chi connectivity index (χ0n) is 7.65. The monoisotopic (exact) mass is 166 g/mol. The van der Waals surface area contributed by atoms with Crippen LogP contribution in [0.4, 0.5) is 11.8 Å². The van der Waals surface area contributed by atoms with Gasteiger partial charge in [-0.2, -0.15) is 4.98 Å². The van der Waals surface area contributed by atoms with Crippen LogP contribution in [0.1, 0.15) is 13.8 Å². The Balaban J connectivity index is 2.88. The molecule has 0 aliphatic heterocycles. The topological polar surface area (TPSA) is 55.0 Å². The molecule has 0 aromatic carbocycles. The van der Waals surface area contributed by atoms with Gasteiger partial charge in [0.1, 0.15) is 5.82 Å². The van der Waals surface area contributed by atoms with E-state index in [9.17, 15) is 0 Å². The van der Waals surface area contributed by atoms with Crippen LogP contribution in [-0.4, -0.2) is 23.1 Å². The summed E-state index contributed by atoms with van der Waals surface area (Å²) in [5.41, 5.74) is 5.52. The van der Waals surface area contributed by atoms with Gasteiger partial charge in [0.05, 0.1) is 0 Å². The van der Waals surface area contributed by atoms with Crippen LogP contribution in [0, 0.1) is 0 Å². The Morgan fingerprint density at radius 1 is 1.50 bits per heavy atom. The number of rotatable bonds is 2. The van der Waals surface area contributed by atoms with E-state index in [4.69, 9.17) is 5.73 Å². The average molecular weight is 166 g/mol. The lowest BCUT2D eigenvalue weighted by molar-refractivity contribution is 0.730. The Bertz CT molecular complexity index is 259. The van der Waals surface area contributed by atoms with Gasteiger partial charge in [-0.15, -0.1) is 0 Å². The van der Waals surface area contributed by atoms with Crippen molar-refractivity contribution >= 4 is 11.8 Å². The summed E-state index contributed by atoms with van der Waals surface area (Å²) in [6.07, 6.45) is 1.66. The summed E-state index contributed by atoms with van der Waals surface area (Å²) >= 11 is 0. The lowest BCUT2D eigenvalue weighted by Crippen LogP contribution is -2.27. The van der Waals surface area contributed by atoms with Crippen molar-refractivity contribution in [3.05, 3.63) is 12.3 Å². The van der Waals surface area contributed by atoms with Crippen LogP contribution in [0.2, 0.25) is 0 Å².